The van der Waals surface area contributed by atoms with E-state index in [1.165, 1.54) is 12.1 Å². The number of benzene rings is 2. The summed E-state index contributed by atoms with van der Waals surface area (Å²) in [6.07, 6.45) is 0.429. The maximum Gasteiger partial charge on any atom is 0.227 e. The van der Waals surface area contributed by atoms with Crippen LogP contribution in [0, 0.1) is 5.82 Å². The van der Waals surface area contributed by atoms with Crippen LogP contribution in [0.4, 0.5) is 4.39 Å². The number of carbonyl (C=O) groups is 1. The van der Waals surface area contributed by atoms with Crippen LogP contribution in [-0.4, -0.2) is 62.1 Å². The van der Waals surface area contributed by atoms with Crippen LogP contribution < -0.4 is 0 Å². The van der Waals surface area contributed by atoms with Crippen molar-refractivity contribution in [2.75, 3.05) is 26.2 Å². The van der Waals surface area contributed by atoms with E-state index in [4.69, 9.17) is 0 Å². The van der Waals surface area contributed by atoms with Crippen LogP contribution in [0.25, 0.3) is 5.69 Å². The Labute approximate surface area is 162 Å². The molecule has 4 rings (SSSR count). The van der Waals surface area contributed by atoms with Crippen molar-refractivity contribution in [2.45, 2.75) is 13.0 Å². The largest absolute Gasteiger partial charge is 0.340 e. The second-order valence-corrected chi connectivity index (χ2v) is 6.81. The van der Waals surface area contributed by atoms with E-state index < -0.39 is 0 Å². The minimum absolute atomic E-state index is 0.149. The van der Waals surface area contributed by atoms with Crippen molar-refractivity contribution in [2.24, 2.45) is 0 Å². The van der Waals surface area contributed by atoms with Gasteiger partial charge in [0, 0.05) is 26.2 Å². The van der Waals surface area contributed by atoms with Gasteiger partial charge in [-0.15, -0.1) is 5.10 Å². The summed E-state index contributed by atoms with van der Waals surface area (Å²) in [5, 5.41) is 11.8. The molecule has 2 heterocycles. The molecule has 7 nitrogen and oxygen atoms in total. The zero-order valence-corrected chi connectivity index (χ0v) is 15.4. The fourth-order valence-electron chi connectivity index (χ4n) is 3.35. The molecule has 8 heteroatoms. The summed E-state index contributed by atoms with van der Waals surface area (Å²) < 4.78 is 15.0. The molecule has 1 aliphatic heterocycles. The number of tetrazole rings is 1. The summed E-state index contributed by atoms with van der Waals surface area (Å²) >= 11 is 0. The lowest BCUT2D eigenvalue weighted by Gasteiger charge is -2.34. The van der Waals surface area contributed by atoms with Gasteiger partial charge in [-0.05, 0) is 34.2 Å². The molecule has 3 aromatic rings. The van der Waals surface area contributed by atoms with Crippen molar-refractivity contribution in [1.82, 2.24) is 30.0 Å². The van der Waals surface area contributed by atoms with Gasteiger partial charge in [0.2, 0.25) is 5.91 Å². The molecule has 1 fully saturated rings. The lowest BCUT2D eigenvalue weighted by Crippen LogP contribution is -2.48. The Kier molecular flexibility index (Phi) is 5.38. The quantitative estimate of drug-likeness (QED) is 0.674. The highest BCUT2D eigenvalue weighted by Gasteiger charge is 2.23. The SMILES string of the molecule is O=C(Cc1ccccc1)N1CCN(Cc2nnnn2-c2cccc(F)c2)CC1. The van der Waals surface area contributed by atoms with E-state index >= 15 is 0 Å². The van der Waals surface area contributed by atoms with E-state index in [1.54, 1.807) is 16.8 Å². The van der Waals surface area contributed by atoms with Crippen molar-refractivity contribution in [3.8, 4) is 5.69 Å². The number of hydrogen-bond donors (Lipinski definition) is 0. The van der Waals surface area contributed by atoms with Crippen molar-refractivity contribution in [3.63, 3.8) is 0 Å². The number of halogens is 1. The molecule has 0 unspecified atom stereocenters. The first-order valence-electron chi connectivity index (χ1n) is 9.26. The first-order chi connectivity index (χ1) is 13.7. The second-order valence-electron chi connectivity index (χ2n) is 6.81. The normalized spacial score (nSPS) is 15.0. The Bertz CT molecular complexity index is 937. The average Bonchev–Trinajstić information content (AvgIpc) is 3.17. The van der Waals surface area contributed by atoms with Crippen LogP contribution in [0.5, 0.6) is 0 Å². The molecule has 2 aromatic carbocycles. The van der Waals surface area contributed by atoms with Crippen molar-refractivity contribution in [1.29, 1.82) is 0 Å². The third kappa shape index (κ3) is 4.23. The predicted molar refractivity (Wildman–Crippen MR) is 101 cm³/mol. The molecule has 1 amide bonds. The van der Waals surface area contributed by atoms with Crippen LogP contribution in [0.1, 0.15) is 11.4 Å². The maximum atomic E-state index is 13.5. The zero-order chi connectivity index (χ0) is 19.3. The van der Waals surface area contributed by atoms with Crippen LogP contribution in [0.2, 0.25) is 0 Å². The topological polar surface area (TPSA) is 67.2 Å². The second kappa shape index (κ2) is 8.26. The lowest BCUT2D eigenvalue weighted by atomic mass is 10.1. The molecule has 144 valence electrons. The minimum Gasteiger partial charge on any atom is -0.340 e. The molecule has 28 heavy (non-hydrogen) atoms. The van der Waals surface area contributed by atoms with Crippen LogP contribution in [0.3, 0.4) is 0 Å². The first-order valence-corrected chi connectivity index (χ1v) is 9.26. The molecular formula is C20H21FN6O. The minimum atomic E-state index is -0.329. The van der Waals surface area contributed by atoms with Crippen molar-refractivity contribution < 1.29 is 9.18 Å². The van der Waals surface area contributed by atoms with E-state index in [2.05, 4.69) is 20.4 Å². The third-order valence-electron chi connectivity index (χ3n) is 4.88. The van der Waals surface area contributed by atoms with Crippen LogP contribution in [-0.2, 0) is 17.8 Å². The van der Waals surface area contributed by atoms with Gasteiger partial charge in [-0.25, -0.2) is 4.39 Å². The first kappa shape index (κ1) is 18.2. The van der Waals surface area contributed by atoms with Gasteiger partial charge in [-0.1, -0.05) is 36.4 Å². The molecule has 1 aliphatic rings. The monoisotopic (exact) mass is 380 g/mol. The summed E-state index contributed by atoms with van der Waals surface area (Å²) in [6.45, 7) is 3.39. The summed E-state index contributed by atoms with van der Waals surface area (Å²) in [7, 11) is 0. The Balaban J connectivity index is 1.34. The van der Waals surface area contributed by atoms with Gasteiger partial charge in [0.1, 0.15) is 5.82 Å². The number of aromatic nitrogens is 4. The Morgan fingerprint density at radius 1 is 1.00 bits per heavy atom. The fourth-order valence-corrected chi connectivity index (χ4v) is 3.35. The third-order valence-corrected chi connectivity index (χ3v) is 4.88. The summed E-state index contributed by atoms with van der Waals surface area (Å²) in [4.78, 5) is 16.6. The van der Waals surface area contributed by atoms with Gasteiger partial charge >= 0.3 is 0 Å². The molecule has 1 aromatic heterocycles. The number of hydrogen-bond acceptors (Lipinski definition) is 5. The number of rotatable bonds is 5. The highest BCUT2D eigenvalue weighted by molar-refractivity contribution is 5.78. The number of nitrogens with zero attached hydrogens (tertiary/aromatic N) is 6. The highest BCUT2D eigenvalue weighted by Crippen LogP contribution is 2.13. The lowest BCUT2D eigenvalue weighted by molar-refractivity contribution is -0.132. The van der Waals surface area contributed by atoms with Gasteiger partial charge in [-0.3, -0.25) is 9.69 Å². The molecular weight excluding hydrogens is 359 g/mol. The van der Waals surface area contributed by atoms with Crippen molar-refractivity contribution >= 4 is 5.91 Å². The van der Waals surface area contributed by atoms with Crippen LogP contribution >= 0.6 is 0 Å². The van der Waals surface area contributed by atoms with Gasteiger partial charge in [0.25, 0.3) is 0 Å². The zero-order valence-electron chi connectivity index (χ0n) is 15.4. The maximum absolute atomic E-state index is 13.5. The Morgan fingerprint density at radius 3 is 2.54 bits per heavy atom. The smallest absolute Gasteiger partial charge is 0.227 e. The molecule has 0 atom stereocenters. The standard InChI is InChI=1S/C20H21FN6O/c21-17-7-4-8-18(14-17)27-19(22-23-24-27)15-25-9-11-26(12-10-25)20(28)13-16-5-2-1-3-6-16/h1-8,14H,9-13,15H2. The van der Waals surface area contributed by atoms with Crippen molar-refractivity contribution in [3.05, 3.63) is 71.8 Å². The molecule has 0 spiro atoms. The van der Waals surface area contributed by atoms with E-state index in [0.717, 1.165) is 18.7 Å². The van der Waals surface area contributed by atoms with E-state index in [-0.39, 0.29) is 11.7 Å². The summed E-state index contributed by atoms with van der Waals surface area (Å²) in [5.41, 5.74) is 1.63. The Morgan fingerprint density at radius 2 is 1.79 bits per heavy atom. The molecule has 0 N–H and O–H groups in total. The number of carbonyl (C=O) groups excluding carboxylic acids is 1. The molecule has 1 saturated heterocycles. The molecule has 0 radical (unpaired) electrons. The fraction of sp³-hybridized carbons (Fsp3) is 0.300. The van der Waals surface area contributed by atoms with E-state index in [1.807, 2.05) is 35.2 Å². The van der Waals surface area contributed by atoms with Gasteiger partial charge < -0.3 is 4.90 Å². The van der Waals surface area contributed by atoms with Gasteiger partial charge in [0.15, 0.2) is 5.82 Å². The molecule has 0 aliphatic carbocycles. The summed E-state index contributed by atoms with van der Waals surface area (Å²) in [6, 6.07) is 16.0. The number of piperazine rings is 1. The van der Waals surface area contributed by atoms with E-state index in [0.29, 0.717) is 37.6 Å². The van der Waals surface area contributed by atoms with Gasteiger partial charge in [0.05, 0.1) is 18.7 Å². The average molecular weight is 380 g/mol. The number of amides is 1. The summed E-state index contributed by atoms with van der Waals surface area (Å²) in [5.74, 6) is 0.467. The Hall–Kier alpha value is -3.13. The van der Waals surface area contributed by atoms with Gasteiger partial charge in [-0.2, -0.15) is 4.68 Å². The molecule has 0 saturated carbocycles. The predicted octanol–water partition coefficient (Wildman–Crippen LogP) is 1.69. The van der Waals surface area contributed by atoms with E-state index in [9.17, 15) is 9.18 Å². The highest BCUT2D eigenvalue weighted by atomic mass is 19.1. The molecule has 0 bridgehead atoms. The van der Waals surface area contributed by atoms with Crippen LogP contribution in [0.15, 0.2) is 54.6 Å².